The normalized spacial score (nSPS) is 20.5. The molecule has 162 valence electrons. The molecule has 1 aromatic carbocycles. The van der Waals surface area contributed by atoms with E-state index in [9.17, 15) is 9.59 Å². The van der Waals surface area contributed by atoms with E-state index in [1.165, 1.54) is 16.7 Å². The van der Waals surface area contributed by atoms with E-state index in [2.05, 4.69) is 35.1 Å². The minimum atomic E-state index is -0.435. The highest BCUT2D eigenvalue weighted by Crippen LogP contribution is 2.30. The number of thioether (sulfide) groups is 1. The molecule has 0 aliphatic carbocycles. The standard InChI is InChI=1S/C22H25N5O3S/c1-22(2)13-30-8-7-27(22)15-3-4-19-18(9-15)17(5-6-24-19)21(29)25-11-20(28)26-14-31-12-16(26)10-23/h3-6,9,16H,7-8,11-14H2,1-2H3,(H,25,29)/t16-/m1/s1. The Balaban J connectivity index is 1.55. The monoisotopic (exact) mass is 439 g/mol. The number of carbonyl (C=O) groups excluding carboxylic acids is 2. The molecule has 1 N–H and O–H groups in total. The Kier molecular flexibility index (Phi) is 6.03. The average molecular weight is 440 g/mol. The number of fused-ring (bicyclic) bond motifs is 1. The Hall–Kier alpha value is -2.83. The molecule has 0 unspecified atom stereocenters. The fourth-order valence-corrected chi connectivity index (χ4v) is 5.09. The van der Waals surface area contributed by atoms with Gasteiger partial charge in [0, 0.05) is 29.6 Å². The van der Waals surface area contributed by atoms with Crippen LogP contribution in [0.5, 0.6) is 0 Å². The largest absolute Gasteiger partial charge is 0.377 e. The minimum absolute atomic E-state index is 0.141. The van der Waals surface area contributed by atoms with E-state index >= 15 is 0 Å². The van der Waals surface area contributed by atoms with Crippen LogP contribution in [0, 0.1) is 11.3 Å². The SMILES string of the molecule is CC1(C)COCCN1c1ccc2nccc(C(=O)NCC(=O)N3CSC[C@H]3C#N)c2c1. The number of amides is 2. The van der Waals surface area contributed by atoms with Crippen LogP contribution in [0.2, 0.25) is 0 Å². The number of pyridine rings is 1. The first-order chi connectivity index (χ1) is 14.9. The second-order valence-corrected chi connectivity index (χ2v) is 9.27. The summed E-state index contributed by atoms with van der Waals surface area (Å²) in [7, 11) is 0. The number of hydrogen-bond acceptors (Lipinski definition) is 7. The molecule has 2 aliphatic heterocycles. The van der Waals surface area contributed by atoms with Gasteiger partial charge in [-0.05, 0) is 38.1 Å². The zero-order chi connectivity index (χ0) is 22.0. The van der Waals surface area contributed by atoms with E-state index in [1.807, 2.05) is 18.2 Å². The van der Waals surface area contributed by atoms with Crippen molar-refractivity contribution in [3.8, 4) is 6.07 Å². The third kappa shape index (κ3) is 4.31. The zero-order valence-corrected chi connectivity index (χ0v) is 18.4. The molecule has 0 saturated carbocycles. The molecular formula is C22H25N5O3S. The number of nitriles is 1. The van der Waals surface area contributed by atoms with Crippen LogP contribution in [0.25, 0.3) is 10.9 Å². The molecule has 4 rings (SSSR count). The summed E-state index contributed by atoms with van der Waals surface area (Å²) in [4.78, 5) is 33.6. The van der Waals surface area contributed by atoms with E-state index < -0.39 is 6.04 Å². The van der Waals surface area contributed by atoms with Gasteiger partial charge < -0.3 is 19.9 Å². The summed E-state index contributed by atoms with van der Waals surface area (Å²) in [5.41, 5.74) is 2.03. The van der Waals surface area contributed by atoms with Crippen LogP contribution in [0.3, 0.4) is 0 Å². The van der Waals surface area contributed by atoms with E-state index in [1.54, 1.807) is 12.3 Å². The number of anilines is 1. The lowest BCUT2D eigenvalue weighted by molar-refractivity contribution is -0.129. The molecule has 0 bridgehead atoms. The summed E-state index contributed by atoms with van der Waals surface area (Å²) >= 11 is 1.54. The number of morpholine rings is 1. The number of rotatable bonds is 4. The van der Waals surface area contributed by atoms with Crippen molar-refractivity contribution in [3.63, 3.8) is 0 Å². The summed E-state index contributed by atoms with van der Waals surface area (Å²) in [6.45, 7) is 6.17. The van der Waals surface area contributed by atoms with Gasteiger partial charge in [-0.1, -0.05) is 0 Å². The molecule has 9 heteroatoms. The number of nitrogens with zero attached hydrogens (tertiary/aromatic N) is 4. The second-order valence-electron chi connectivity index (χ2n) is 8.27. The lowest BCUT2D eigenvalue weighted by Gasteiger charge is -2.43. The van der Waals surface area contributed by atoms with Gasteiger partial charge in [-0.25, -0.2) is 0 Å². The predicted molar refractivity (Wildman–Crippen MR) is 120 cm³/mol. The van der Waals surface area contributed by atoms with E-state index in [0.717, 1.165) is 17.6 Å². The lowest BCUT2D eigenvalue weighted by atomic mass is 10.00. The van der Waals surface area contributed by atoms with E-state index in [-0.39, 0.29) is 23.9 Å². The number of nitrogens with one attached hydrogen (secondary N) is 1. The number of benzene rings is 1. The molecule has 2 fully saturated rings. The number of aromatic nitrogens is 1. The van der Waals surface area contributed by atoms with Crippen molar-refractivity contribution in [2.45, 2.75) is 25.4 Å². The van der Waals surface area contributed by atoms with Gasteiger partial charge in [0.2, 0.25) is 5.91 Å². The topological polar surface area (TPSA) is 98.6 Å². The fourth-order valence-electron chi connectivity index (χ4n) is 3.99. The summed E-state index contributed by atoms with van der Waals surface area (Å²) in [5, 5.41) is 12.6. The second kappa shape index (κ2) is 8.73. The van der Waals surface area contributed by atoms with Crippen molar-refractivity contribution in [2.24, 2.45) is 0 Å². The molecule has 2 saturated heterocycles. The molecule has 0 radical (unpaired) electrons. The highest BCUT2D eigenvalue weighted by molar-refractivity contribution is 7.99. The molecule has 2 aromatic rings. The molecule has 31 heavy (non-hydrogen) atoms. The van der Waals surface area contributed by atoms with Crippen LogP contribution in [0.15, 0.2) is 30.5 Å². The van der Waals surface area contributed by atoms with Crippen molar-refractivity contribution in [1.82, 2.24) is 15.2 Å². The first kappa shape index (κ1) is 21.4. The van der Waals surface area contributed by atoms with Gasteiger partial charge in [0.15, 0.2) is 0 Å². The van der Waals surface area contributed by atoms with Gasteiger partial charge in [-0.2, -0.15) is 5.26 Å². The molecule has 2 aliphatic rings. The number of ether oxygens (including phenoxy) is 1. The van der Waals surface area contributed by atoms with Crippen molar-refractivity contribution in [1.29, 1.82) is 5.26 Å². The third-order valence-electron chi connectivity index (χ3n) is 5.68. The highest BCUT2D eigenvalue weighted by atomic mass is 32.2. The average Bonchev–Trinajstić information content (AvgIpc) is 3.25. The van der Waals surface area contributed by atoms with Gasteiger partial charge in [0.1, 0.15) is 6.04 Å². The Morgan fingerprint density at radius 3 is 3.00 bits per heavy atom. The fraction of sp³-hybridized carbons (Fsp3) is 0.455. The minimum Gasteiger partial charge on any atom is -0.377 e. The first-order valence-corrected chi connectivity index (χ1v) is 11.4. The molecule has 1 aromatic heterocycles. The highest BCUT2D eigenvalue weighted by Gasteiger charge is 2.31. The molecular weight excluding hydrogens is 414 g/mol. The third-order valence-corrected chi connectivity index (χ3v) is 6.69. The van der Waals surface area contributed by atoms with E-state index in [4.69, 9.17) is 10.00 Å². The molecule has 2 amide bonds. The van der Waals surface area contributed by atoms with Crippen LogP contribution < -0.4 is 10.2 Å². The predicted octanol–water partition coefficient (Wildman–Crippen LogP) is 2.00. The van der Waals surface area contributed by atoms with Crippen molar-refractivity contribution < 1.29 is 14.3 Å². The van der Waals surface area contributed by atoms with Crippen LogP contribution in [-0.2, 0) is 9.53 Å². The smallest absolute Gasteiger partial charge is 0.252 e. The number of carbonyl (C=O) groups is 2. The molecule has 3 heterocycles. The zero-order valence-electron chi connectivity index (χ0n) is 17.6. The molecule has 8 nitrogen and oxygen atoms in total. The number of hydrogen-bond donors (Lipinski definition) is 1. The Morgan fingerprint density at radius 1 is 1.39 bits per heavy atom. The maximum atomic E-state index is 12.9. The van der Waals surface area contributed by atoms with Crippen molar-refractivity contribution >= 4 is 40.2 Å². The maximum Gasteiger partial charge on any atom is 0.252 e. The Bertz CT molecular complexity index is 1050. The first-order valence-electron chi connectivity index (χ1n) is 10.2. The quantitative estimate of drug-likeness (QED) is 0.778. The van der Waals surface area contributed by atoms with Crippen molar-refractivity contribution in [3.05, 3.63) is 36.0 Å². The van der Waals surface area contributed by atoms with Crippen LogP contribution >= 0.6 is 11.8 Å². The molecule has 1 atom stereocenters. The summed E-state index contributed by atoms with van der Waals surface area (Å²) in [6, 6.07) is 9.27. The van der Waals surface area contributed by atoms with Gasteiger partial charge in [-0.15, -0.1) is 11.8 Å². The summed E-state index contributed by atoms with van der Waals surface area (Å²) < 4.78 is 5.62. The summed E-state index contributed by atoms with van der Waals surface area (Å²) in [5.74, 6) is 0.494. The van der Waals surface area contributed by atoms with E-state index in [0.29, 0.717) is 35.9 Å². The van der Waals surface area contributed by atoms with Gasteiger partial charge in [-0.3, -0.25) is 14.6 Å². The van der Waals surface area contributed by atoms with Crippen LogP contribution in [-0.4, -0.2) is 71.2 Å². The van der Waals surface area contributed by atoms with Crippen LogP contribution in [0.4, 0.5) is 5.69 Å². The van der Waals surface area contributed by atoms with Gasteiger partial charge in [0.05, 0.1) is 48.3 Å². The lowest BCUT2D eigenvalue weighted by Crippen LogP contribution is -2.53. The maximum absolute atomic E-state index is 12.9. The van der Waals surface area contributed by atoms with Crippen LogP contribution in [0.1, 0.15) is 24.2 Å². The Morgan fingerprint density at radius 2 is 2.23 bits per heavy atom. The summed E-state index contributed by atoms with van der Waals surface area (Å²) in [6.07, 6.45) is 1.60. The van der Waals surface area contributed by atoms with Crippen molar-refractivity contribution in [2.75, 3.05) is 42.8 Å². The molecule has 0 spiro atoms. The van der Waals surface area contributed by atoms with Gasteiger partial charge >= 0.3 is 0 Å². The Labute approximate surface area is 185 Å². The van der Waals surface area contributed by atoms with Gasteiger partial charge in [0.25, 0.3) is 5.91 Å².